The third kappa shape index (κ3) is 17.0. The van der Waals surface area contributed by atoms with Gasteiger partial charge in [0, 0.05) is 24.8 Å². The van der Waals surface area contributed by atoms with E-state index in [0.717, 1.165) is 34.2 Å². The number of hydrogen-bond acceptors (Lipinski definition) is 10. The molecule has 0 aliphatic heterocycles. The van der Waals surface area contributed by atoms with Gasteiger partial charge in [0.2, 0.25) is 0 Å². The number of imidazole rings is 2. The van der Waals surface area contributed by atoms with Crippen molar-refractivity contribution in [2.45, 2.75) is 116 Å². The number of carboxylic acid groups (broad SMARTS) is 2. The van der Waals surface area contributed by atoms with E-state index in [0.29, 0.717) is 0 Å². The lowest BCUT2D eigenvalue weighted by atomic mass is 9.91. The Morgan fingerprint density at radius 3 is 1.38 bits per heavy atom. The molecule has 2 aliphatic carbocycles. The third-order valence-electron chi connectivity index (χ3n) is 8.64. The number of H-pyrrole nitrogens is 2. The molecule has 0 spiro atoms. The standard InChI is InChI=1S/C12H23N.2C11H10N2O3S.C4H11N/c1-3-7-11(8-4-1)13-12-9-5-2-6-10-12;2*14-9(15)5-6-10(17)16-11-12-7-3-1-2-4-8(7)13-11;1-3-5-4-2/h11-13H,1-10H2;2*1-4H,5-6H2,(H,12,13)(H,14,15);5H,3-4H2,1-2H3. The first-order valence-electron chi connectivity index (χ1n) is 18.5. The van der Waals surface area contributed by atoms with E-state index in [1.165, 1.54) is 77.3 Å². The minimum absolute atomic E-state index is 0.134. The second-order valence-corrected chi connectivity index (χ2v) is 13.8. The predicted octanol–water partition coefficient (Wildman–Crippen LogP) is 3.40. The fraction of sp³-hybridized carbons (Fsp3) is 0.526. The van der Waals surface area contributed by atoms with Crippen molar-refractivity contribution in [1.82, 2.24) is 19.9 Å². The Hall–Kier alpha value is -3.98. The number of nitrogens with two attached hydrogens (primary N) is 2. The molecule has 0 saturated heterocycles. The van der Waals surface area contributed by atoms with Gasteiger partial charge in [-0.05, 0) is 127 Å². The number of nitrogens with one attached hydrogen (secondary N) is 2. The maximum atomic E-state index is 10.2. The van der Waals surface area contributed by atoms with Crippen LogP contribution >= 0.6 is 24.4 Å². The Balaban J connectivity index is 0.000000199. The second-order valence-electron chi connectivity index (χ2n) is 12.9. The summed E-state index contributed by atoms with van der Waals surface area (Å²) in [5, 5.41) is 25.8. The van der Waals surface area contributed by atoms with Gasteiger partial charge in [0.05, 0.1) is 47.2 Å². The van der Waals surface area contributed by atoms with Crippen LogP contribution in [0.25, 0.3) is 22.1 Å². The van der Waals surface area contributed by atoms with Crippen molar-refractivity contribution in [2.24, 2.45) is 0 Å². The van der Waals surface area contributed by atoms with E-state index in [9.17, 15) is 19.8 Å². The maximum absolute atomic E-state index is 10.2. The number of carboxylic acids is 2. The zero-order chi connectivity index (χ0) is 37.6. The molecule has 12 nitrogen and oxygen atoms in total. The largest absolute Gasteiger partial charge is 0.550 e. The summed E-state index contributed by atoms with van der Waals surface area (Å²) >= 11 is 9.77. The van der Waals surface area contributed by atoms with Crippen molar-refractivity contribution in [3.63, 3.8) is 0 Å². The molecule has 2 aliphatic rings. The molecule has 2 fully saturated rings. The number of rotatable bonds is 12. The summed E-state index contributed by atoms with van der Waals surface area (Å²) in [5.41, 5.74) is 3.21. The summed E-state index contributed by atoms with van der Waals surface area (Å²) in [4.78, 5) is 34.7. The molecule has 0 bridgehead atoms. The number of hydrogen-bond donors (Lipinski definition) is 4. The Morgan fingerprint density at radius 2 is 1.06 bits per heavy atom. The Labute approximate surface area is 316 Å². The molecule has 0 unspecified atom stereocenters. The minimum Gasteiger partial charge on any atom is -0.550 e. The fourth-order valence-electron chi connectivity index (χ4n) is 6.01. The molecule has 284 valence electrons. The number of thiocarbonyl (C=S) groups is 2. The lowest BCUT2D eigenvalue weighted by Crippen LogP contribution is -2.95. The van der Waals surface area contributed by atoms with Gasteiger partial charge in [-0.25, -0.2) is 0 Å². The molecule has 2 heterocycles. The average molecular weight is 755 g/mol. The van der Waals surface area contributed by atoms with Crippen LogP contribution in [0, 0.1) is 0 Å². The lowest BCUT2D eigenvalue weighted by molar-refractivity contribution is -0.725. The van der Waals surface area contributed by atoms with Gasteiger partial charge in [-0.2, -0.15) is 9.97 Å². The Kier molecular flexibility index (Phi) is 19.8. The molecule has 6 N–H and O–H groups in total. The molecule has 14 heteroatoms. The quantitative estimate of drug-likeness (QED) is 0.156. The Morgan fingerprint density at radius 1 is 0.673 bits per heavy atom. The summed E-state index contributed by atoms with van der Waals surface area (Å²) in [7, 11) is 0. The molecule has 6 rings (SSSR count). The summed E-state index contributed by atoms with van der Waals surface area (Å²) < 4.78 is 10.4. The van der Waals surface area contributed by atoms with Crippen LogP contribution in [0.3, 0.4) is 0 Å². The van der Waals surface area contributed by atoms with Crippen LogP contribution in [-0.2, 0) is 9.59 Å². The van der Waals surface area contributed by atoms with Crippen LogP contribution in [0.1, 0.15) is 104 Å². The summed E-state index contributed by atoms with van der Waals surface area (Å²) in [6, 6.07) is 17.4. The van der Waals surface area contributed by atoms with Gasteiger partial charge in [0.15, 0.2) is 10.1 Å². The number of fused-ring (bicyclic) bond motifs is 2. The third-order valence-corrected chi connectivity index (χ3v) is 9.22. The van der Waals surface area contributed by atoms with E-state index < -0.39 is 11.9 Å². The van der Waals surface area contributed by atoms with Gasteiger partial charge >= 0.3 is 12.0 Å². The van der Waals surface area contributed by atoms with Crippen molar-refractivity contribution in [2.75, 3.05) is 13.1 Å². The van der Waals surface area contributed by atoms with E-state index in [4.69, 9.17) is 33.9 Å². The highest BCUT2D eigenvalue weighted by molar-refractivity contribution is 7.80. The van der Waals surface area contributed by atoms with Crippen molar-refractivity contribution < 1.29 is 39.9 Å². The number of benzene rings is 2. The SMILES string of the molecule is C1CCC([NH2+]C2CCCCC2)CC1.CC[NH2+]CC.O=C([O-])CCC(=S)Oc1nc2ccccc2[nH]1.O=C([O-])CCC(=S)Oc1nc2ccccc2[nH]1. The first kappa shape index (κ1) is 42.4. The van der Waals surface area contributed by atoms with Crippen LogP contribution in [0.5, 0.6) is 12.0 Å². The number of para-hydroxylation sites is 4. The van der Waals surface area contributed by atoms with E-state index >= 15 is 0 Å². The molecular formula is C38H54N6O6S2. The molecule has 2 aromatic heterocycles. The highest BCUT2D eigenvalue weighted by atomic mass is 32.1. The predicted molar refractivity (Wildman–Crippen MR) is 206 cm³/mol. The van der Waals surface area contributed by atoms with Crippen LogP contribution in [0.15, 0.2) is 48.5 Å². The zero-order valence-corrected chi connectivity index (χ0v) is 32.0. The van der Waals surface area contributed by atoms with Gasteiger partial charge in [-0.3, -0.25) is 0 Å². The molecule has 0 radical (unpaired) electrons. The van der Waals surface area contributed by atoms with E-state index in [2.05, 4.69) is 44.4 Å². The molecule has 4 aromatic rings. The summed E-state index contributed by atoms with van der Waals surface area (Å²) in [5.74, 6) is -2.30. The number of ether oxygens (including phenoxy) is 2. The van der Waals surface area contributed by atoms with E-state index in [1.807, 2.05) is 48.5 Å². The average Bonchev–Trinajstić information content (AvgIpc) is 3.75. The molecule has 2 aromatic carbocycles. The number of nitrogens with zero attached hydrogens (tertiary/aromatic N) is 2. The van der Waals surface area contributed by atoms with Crippen LogP contribution < -0.4 is 30.3 Å². The molecular weight excluding hydrogens is 701 g/mol. The monoisotopic (exact) mass is 754 g/mol. The van der Waals surface area contributed by atoms with Gasteiger partial charge in [0.1, 0.15) is 0 Å². The zero-order valence-electron chi connectivity index (χ0n) is 30.4. The maximum Gasteiger partial charge on any atom is 0.300 e. The second kappa shape index (κ2) is 24.3. The van der Waals surface area contributed by atoms with Crippen molar-refractivity contribution in [3.05, 3.63) is 48.5 Å². The molecule has 52 heavy (non-hydrogen) atoms. The van der Waals surface area contributed by atoms with Gasteiger partial charge in [-0.1, -0.05) is 37.1 Å². The number of aromatic nitrogens is 4. The lowest BCUT2D eigenvalue weighted by Gasteiger charge is -2.27. The smallest absolute Gasteiger partial charge is 0.300 e. The fourth-order valence-corrected chi connectivity index (χ4v) is 6.37. The van der Waals surface area contributed by atoms with Crippen molar-refractivity contribution in [1.29, 1.82) is 0 Å². The van der Waals surface area contributed by atoms with Crippen molar-refractivity contribution >= 4 is 68.5 Å². The number of aliphatic carboxylic acids is 2. The van der Waals surface area contributed by atoms with Crippen molar-refractivity contribution in [3.8, 4) is 12.0 Å². The van der Waals surface area contributed by atoms with E-state index in [-0.39, 0.29) is 47.8 Å². The summed E-state index contributed by atoms with van der Waals surface area (Å²) in [6.45, 7) is 6.75. The van der Waals surface area contributed by atoms with Gasteiger partial charge < -0.3 is 49.9 Å². The highest BCUT2D eigenvalue weighted by Gasteiger charge is 2.22. The first-order chi connectivity index (χ1) is 25.2. The molecule has 0 atom stereocenters. The normalized spacial score (nSPS) is 14.5. The highest BCUT2D eigenvalue weighted by Crippen LogP contribution is 2.19. The topological polar surface area (TPSA) is 189 Å². The molecule has 0 amide bonds. The van der Waals surface area contributed by atoms with Crippen LogP contribution in [0.2, 0.25) is 0 Å². The number of carbonyl (C=O) groups is 2. The van der Waals surface area contributed by atoms with E-state index in [1.54, 1.807) is 0 Å². The van der Waals surface area contributed by atoms with Gasteiger partial charge in [0.25, 0.3) is 0 Å². The Bertz CT molecular complexity index is 1480. The molecule has 2 saturated carbocycles. The first-order valence-corrected chi connectivity index (χ1v) is 19.4. The van der Waals surface area contributed by atoms with Crippen LogP contribution in [-0.4, -0.2) is 67.1 Å². The number of quaternary nitrogens is 2. The summed E-state index contributed by atoms with van der Waals surface area (Å²) in [6.07, 6.45) is 14.9. The number of aromatic amines is 2. The van der Waals surface area contributed by atoms with Crippen LogP contribution in [0.4, 0.5) is 0 Å². The minimum atomic E-state index is -1.15. The van der Waals surface area contributed by atoms with Gasteiger partial charge in [-0.15, -0.1) is 0 Å². The number of carbonyl (C=O) groups excluding carboxylic acids is 2.